The molecule has 16 heavy (non-hydrogen) atoms. The van der Waals surface area contributed by atoms with Crippen molar-refractivity contribution < 1.29 is 9.47 Å². The molecule has 0 saturated carbocycles. The fraction of sp³-hybridized carbons (Fsp3) is 0.538. The van der Waals surface area contributed by atoms with E-state index in [-0.39, 0.29) is 6.10 Å². The van der Waals surface area contributed by atoms with Crippen LogP contribution in [0.1, 0.15) is 25.5 Å². The quantitative estimate of drug-likeness (QED) is 0.803. The summed E-state index contributed by atoms with van der Waals surface area (Å²) in [6, 6.07) is 8.44. The first kappa shape index (κ1) is 13.0. The fourth-order valence-corrected chi connectivity index (χ4v) is 1.44. The fourth-order valence-electron chi connectivity index (χ4n) is 1.44. The van der Waals surface area contributed by atoms with Gasteiger partial charge in [0.15, 0.2) is 0 Å². The number of hydrogen-bond acceptors (Lipinski definition) is 3. The van der Waals surface area contributed by atoms with E-state index in [1.54, 1.807) is 14.2 Å². The predicted octanol–water partition coefficient (Wildman–Crippen LogP) is 2.38. The van der Waals surface area contributed by atoms with Gasteiger partial charge in [-0.05, 0) is 31.5 Å². The molecule has 1 aromatic rings. The lowest BCUT2D eigenvalue weighted by Gasteiger charge is -2.17. The van der Waals surface area contributed by atoms with Crippen LogP contribution in [0.3, 0.4) is 0 Å². The van der Waals surface area contributed by atoms with Gasteiger partial charge in [-0.1, -0.05) is 12.1 Å². The van der Waals surface area contributed by atoms with Gasteiger partial charge in [0, 0.05) is 19.7 Å². The number of benzene rings is 1. The molecule has 0 aliphatic carbocycles. The van der Waals surface area contributed by atoms with Crippen molar-refractivity contribution in [1.82, 2.24) is 5.32 Å². The SMILES string of the molecule is COc1ccc([C@H](C)NC[C@H](C)OC)cc1. The Kier molecular flexibility index (Phi) is 5.29. The van der Waals surface area contributed by atoms with Crippen LogP contribution >= 0.6 is 0 Å². The maximum absolute atomic E-state index is 5.19. The highest BCUT2D eigenvalue weighted by molar-refractivity contribution is 5.28. The van der Waals surface area contributed by atoms with Gasteiger partial charge in [-0.15, -0.1) is 0 Å². The largest absolute Gasteiger partial charge is 0.497 e. The molecule has 1 aromatic carbocycles. The lowest BCUT2D eigenvalue weighted by Crippen LogP contribution is -2.28. The second-order valence-corrected chi connectivity index (χ2v) is 3.95. The first-order valence-corrected chi connectivity index (χ1v) is 5.57. The lowest BCUT2D eigenvalue weighted by molar-refractivity contribution is 0.115. The van der Waals surface area contributed by atoms with Gasteiger partial charge in [0.25, 0.3) is 0 Å². The van der Waals surface area contributed by atoms with Crippen molar-refractivity contribution in [3.8, 4) is 5.75 Å². The third-order valence-electron chi connectivity index (χ3n) is 2.73. The maximum Gasteiger partial charge on any atom is 0.118 e. The molecule has 1 N–H and O–H groups in total. The Labute approximate surface area is 97.8 Å². The number of rotatable bonds is 6. The number of methoxy groups -OCH3 is 2. The van der Waals surface area contributed by atoms with Crippen LogP contribution in [0.4, 0.5) is 0 Å². The zero-order valence-corrected chi connectivity index (χ0v) is 10.5. The summed E-state index contributed by atoms with van der Waals surface area (Å²) < 4.78 is 10.3. The monoisotopic (exact) mass is 223 g/mol. The normalized spacial score (nSPS) is 14.5. The first-order chi connectivity index (χ1) is 7.67. The Hall–Kier alpha value is -1.06. The Morgan fingerprint density at radius 3 is 2.25 bits per heavy atom. The van der Waals surface area contributed by atoms with Crippen molar-refractivity contribution in [2.75, 3.05) is 20.8 Å². The number of nitrogens with one attached hydrogen (secondary N) is 1. The first-order valence-electron chi connectivity index (χ1n) is 5.57. The molecule has 0 radical (unpaired) electrons. The highest BCUT2D eigenvalue weighted by Gasteiger charge is 2.06. The van der Waals surface area contributed by atoms with Crippen LogP contribution in [-0.4, -0.2) is 26.9 Å². The van der Waals surface area contributed by atoms with Crippen LogP contribution in [0.5, 0.6) is 5.75 Å². The van der Waals surface area contributed by atoms with Crippen molar-refractivity contribution in [3.05, 3.63) is 29.8 Å². The van der Waals surface area contributed by atoms with Gasteiger partial charge in [0.05, 0.1) is 13.2 Å². The summed E-state index contributed by atoms with van der Waals surface area (Å²) >= 11 is 0. The molecule has 0 aromatic heterocycles. The predicted molar refractivity (Wildman–Crippen MR) is 65.9 cm³/mol. The van der Waals surface area contributed by atoms with E-state index in [9.17, 15) is 0 Å². The summed E-state index contributed by atoms with van der Waals surface area (Å²) in [6.07, 6.45) is 0.237. The summed E-state index contributed by atoms with van der Waals surface area (Å²) in [5, 5.41) is 3.42. The molecule has 0 heterocycles. The zero-order valence-electron chi connectivity index (χ0n) is 10.5. The van der Waals surface area contributed by atoms with Crippen molar-refractivity contribution in [1.29, 1.82) is 0 Å². The van der Waals surface area contributed by atoms with E-state index >= 15 is 0 Å². The molecule has 0 fully saturated rings. The van der Waals surface area contributed by atoms with Crippen molar-refractivity contribution in [2.24, 2.45) is 0 Å². The van der Waals surface area contributed by atoms with Crippen LogP contribution < -0.4 is 10.1 Å². The molecule has 0 saturated heterocycles. The minimum Gasteiger partial charge on any atom is -0.497 e. The average molecular weight is 223 g/mol. The second kappa shape index (κ2) is 6.51. The molecule has 3 heteroatoms. The standard InChI is InChI=1S/C13H21NO2/c1-10(15-3)9-14-11(2)12-5-7-13(16-4)8-6-12/h5-8,10-11,14H,9H2,1-4H3/t10-,11-/m0/s1. The van der Waals surface area contributed by atoms with Crippen LogP contribution in [0.25, 0.3) is 0 Å². The minimum atomic E-state index is 0.237. The summed E-state index contributed by atoms with van der Waals surface area (Å²) in [5.74, 6) is 0.890. The summed E-state index contributed by atoms with van der Waals surface area (Å²) in [6.45, 7) is 5.04. The molecule has 0 aliphatic rings. The lowest BCUT2D eigenvalue weighted by atomic mass is 10.1. The van der Waals surface area contributed by atoms with E-state index in [4.69, 9.17) is 9.47 Å². The van der Waals surface area contributed by atoms with Crippen molar-refractivity contribution in [2.45, 2.75) is 26.0 Å². The Balaban J connectivity index is 2.49. The molecule has 0 bridgehead atoms. The third-order valence-corrected chi connectivity index (χ3v) is 2.73. The maximum atomic E-state index is 5.19. The Morgan fingerprint density at radius 2 is 1.75 bits per heavy atom. The van der Waals surface area contributed by atoms with E-state index in [0.29, 0.717) is 6.04 Å². The van der Waals surface area contributed by atoms with Crippen LogP contribution in [0.15, 0.2) is 24.3 Å². The van der Waals surface area contributed by atoms with Gasteiger partial charge in [0.2, 0.25) is 0 Å². The summed E-state index contributed by atoms with van der Waals surface area (Å²) in [7, 11) is 3.40. The highest BCUT2D eigenvalue weighted by Crippen LogP contribution is 2.17. The zero-order chi connectivity index (χ0) is 12.0. The van der Waals surface area contributed by atoms with Gasteiger partial charge in [-0.2, -0.15) is 0 Å². The topological polar surface area (TPSA) is 30.5 Å². The Bertz CT molecular complexity index is 297. The van der Waals surface area contributed by atoms with Gasteiger partial charge >= 0.3 is 0 Å². The van der Waals surface area contributed by atoms with Crippen molar-refractivity contribution >= 4 is 0 Å². The molecule has 1 rings (SSSR count). The van der Waals surface area contributed by atoms with E-state index < -0.39 is 0 Å². The molecule has 0 spiro atoms. The van der Waals surface area contributed by atoms with Gasteiger partial charge < -0.3 is 14.8 Å². The van der Waals surface area contributed by atoms with E-state index in [0.717, 1.165) is 12.3 Å². The molecule has 0 amide bonds. The van der Waals surface area contributed by atoms with Crippen LogP contribution in [-0.2, 0) is 4.74 Å². The highest BCUT2D eigenvalue weighted by atomic mass is 16.5. The molecule has 0 aliphatic heterocycles. The van der Waals surface area contributed by atoms with E-state index in [1.807, 2.05) is 19.1 Å². The molecule has 90 valence electrons. The Morgan fingerprint density at radius 1 is 1.12 bits per heavy atom. The second-order valence-electron chi connectivity index (χ2n) is 3.95. The third kappa shape index (κ3) is 3.83. The van der Waals surface area contributed by atoms with Crippen LogP contribution in [0.2, 0.25) is 0 Å². The molecular formula is C13H21NO2. The number of hydrogen-bond donors (Lipinski definition) is 1. The van der Waals surface area contributed by atoms with E-state index in [2.05, 4.69) is 24.4 Å². The molecule has 0 unspecified atom stereocenters. The molecule has 3 nitrogen and oxygen atoms in total. The van der Waals surface area contributed by atoms with Gasteiger partial charge in [-0.3, -0.25) is 0 Å². The summed E-state index contributed by atoms with van der Waals surface area (Å²) in [5.41, 5.74) is 1.25. The van der Waals surface area contributed by atoms with Gasteiger partial charge in [0.1, 0.15) is 5.75 Å². The van der Waals surface area contributed by atoms with Crippen LogP contribution in [0, 0.1) is 0 Å². The van der Waals surface area contributed by atoms with Gasteiger partial charge in [-0.25, -0.2) is 0 Å². The average Bonchev–Trinajstić information content (AvgIpc) is 2.35. The molecule has 2 atom stereocenters. The smallest absolute Gasteiger partial charge is 0.118 e. The molecular weight excluding hydrogens is 202 g/mol. The van der Waals surface area contributed by atoms with E-state index in [1.165, 1.54) is 5.56 Å². The van der Waals surface area contributed by atoms with Crippen molar-refractivity contribution in [3.63, 3.8) is 0 Å². The number of ether oxygens (including phenoxy) is 2. The minimum absolute atomic E-state index is 0.237. The summed E-state index contributed by atoms with van der Waals surface area (Å²) in [4.78, 5) is 0.